The van der Waals surface area contributed by atoms with Crippen LogP contribution in [0.4, 0.5) is 0 Å². The van der Waals surface area contributed by atoms with Crippen LogP contribution in [0, 0.1) is 0 Å². The second kappa shape index (κ2) is 5.02. The van der Waals surface area contributed by atoms with Crippen molar-refractivity contribution in [3.63, 3.8) is 0 Å². The van der Waals surface area contributed by atoms with Crippen molar-refractivity contribution in [2.24, 2.45) is 5.73 Å². The van der Waals surface area contributed by atoms with Crippen molar-refractivity contribution in [3.8, 4) is 0 Å². The topological polar surface area (TPSA) is 116 Å². The van der Waals surface area contributed by atoms with Crippen LogP contribution in [0.3, 0.4) is 0 Å². The zero-order chi connectivity index (χ0) is 13.3. The van der Waals surface area contributed by atoms with Crippen LogP contribution in [0.15, 0.2) is 12.9 Å². The molecule has 1 aliphatic rings. The summed E-state index contributed by atoms with van der Waals surface area (Å²) < 4.78 is 12.0. The maximum absolute atomic E-state index is 9.88. The van der Waals surface area contributed by atoms with Gasteiger partial charge in [0.2, 0.25) is 0 Å². The molecule has 1 saturated heterocycles. The van der Waals surface area contributed by atoms with E-state index in [-0.39, 0.29) is 18.1 Å². The van der Waals surface area contributed by atoms with Crippen LogP contribution >= 0.6 is 0 Å². The Morgan fingerprint density at radius 3 is 2.94 bits per heavy atom. The van der Waals surface area contributed by atoms with E-state index in [9.17, 15) is 5.11 Å². The smallest absolute Gasteiger partial charge is 0.196 e. The molecule has 0 aliphatic carbocycles. The second-order valence-corrected chi connectivity index (χ2v) is 4.01. The van der Waals surface area contributed by atoms with Crippen molar-refractivity contribution < 1.29 is 19.7 Å². The molecule has 0 aromatic carbocycles. The minimum Gasteiger partial charge on any atom is -0.396 e. The lowest BCUT2D eigenvalue weighted by atomic mass is 10.1. The van der Waals surface area contributed by atoms with E-state index in [1.807, 2.05) is 0 Å². The van der Waals surface area contributed by atoms with E-state index in [1.165, 1.54) is 18.1 Å². The Bertz CT molecular complexity index is 435. The van der Waals surface area contributed by atoms with E-state index in [0.29, 0.717) is 0 Å². The Hall–Kier alpha value is -1.48. The number of hydrogen-bond acceptors (Lipinski definition) is 7. The third kappa shape index (κ3) is 2.10. The van der Waals surface area contributed by atoms with Gasteiger partial charge in [0.15, 0.2) is 12.1 Å². The minimum absolute atomic E-state index is 0.236. The number of aliphatic hydroxyl groups is 2. The highest BCUT2D eigenvalue weighted by Gasteiger charge is 2.45. The molecule has 0 amide bonds. The summed E-state index contributed by atoms with van der Waals surface area (Å²) in [6.07, 6.45) is -1.53. The Morgan fingerprint density at radius 1 is 1.72 bits per heavy atom. The van der Waals surface area contributed by atoms with Crippen LogP contribution in [0.5, 0.6) is 0 Å². The van der Waals surface area contributed by atoms with Crippen molar-refractivity contribution in [2.45, 2.75) is 24.5 Å². The summed E-state index contributed by atoms with van der Waals surface area (Å²) >= 11 is 0. The van der Waals surface area contributed by atoms with Crippen LogP contribution in [-0.4, -0.2) is 57.0 Å². The van der Waals surface area contributed by atoms with Gasteiger partial charge in [0, 0.05) is 7.11 Å². The fourth-order valence-corrected chi connectivity index (χ4v) is 1.88. The van der Waals surface area contributed by atoms with E-state index in [4.69, 9.17) is 20.3 Å². The summed E-state index contributed by atoms with van der Waals surface area (Å²) in [6, 6.07) is 0. The molecule has 0 unspecified atom stereocenters. The fraction of sp³-hybridized carbons (Fsp3) is 0.600. The highest BCUT2D eigenvalue weighted by molar-refractivity contribution is 5.51. The zero-order valence-electron chi connectivity index (χ0n) is 9.93. The molecular formula is C10H16N4O4. The average molecular weight is 256 g/mol. The van der Waals surface area contributed by atoms with E-state index >= 15 is 0 Å². The van der Waals surface area contributed by atoms with E-state index in [0.717, 1.165) is 0 Å². The normalized spacial score (nSPS) is 31.7. The summed E-state index contributed by atoms with van der Waals surface area (Å²) in [7, 11) is 1.45. The van der Waals surface area contributed by atoms with Crippen molar-refractivity contribution in [2.75, 3.05) is 13.7 Å². The van der Waals surface area contributed by atoms with Gasteiger partial charge in [-0.3, -0.25) is 0 Å². The number of hydrogen-bond donors (Lipinski definition) is 3. The van der Waals surface area contributed by atoms with Crippen molar-refractivity contribution in [3.05, 3.63) is 18.7 Å². The Morgan fingerprint density at radius 2 is 2.44 bits per heavy atom. The van der Waals surface area contributed by atoms with Crippen LogP contribution < -0.4 is 5.73 Å². The minimum atomic E-state index is -0.932. The van der Waals surface area contributed by atoms with Crippen molar-refractivity contribution in [1.29, 1.82) is 0 Å². The predicted octanol–water partition coefficient (Wildman–Crippen LogP) is -1.53. The lowest BCUT2D eigenvalue weighted by molar-refractivity contribution is -0.0665. The lowest BCUT2D eigenvalue weighted by Gasteiger charge is -2.18. The molecule has 8 nitrogen and oxygen atoms in total. The average Bonchev–Trinajstić information content (AvgIpc) is 2.93. The third-order valence-electron chi connectivity index (χ3n) is 2.82. The Kier molecular flexibility index (Phi) is 3.62. The highest BCUT2D eigenvalue weighted by Crippen LogP contribution is 2.30. The third-order valence-corrected chi connectivity index (χ3v) is 2.82. The van der Waals surface area contributed by atoms with Gasteiger partial charge < -0.3 is 25.4 Å². The summed E-state index contributed by atoms with van der Waals surface area (Å²) in [4.78, 5) is 3.95. The maximum Gasteiger partial charge on any atom is 0.196 e. The molecule has 4 N–H and O–H groups in total. The van der Waals surface area contributed by atoms with Gasteiger partial charge in [-0.25, -0.2) is 9.67 Å². The van der Waals surface area contributed by atoms with Gasteiger partial charge >= 0.3 is 0 Å². The summed E-state index contributed by atoms with van der Waals surface area (Å²) in [6.45, 7) is 3.23. The fourth-order valence-electron chi connectivity index (χ4n) is 1.88. The van der Waals surface area contributed by atoms with Gasteiger partial charge in [0.05, 0.1) is 12.3 Å². The van der Waals surface area contributed by atoms with Gasteiger partial charge in [-0.2, -0.15) is 0 Å². The summed E-state index contributed by atoms with van der Waals surface area (Å²) in [5.41, 5.74) is 5.72. The molecule has 8 heteroatoms. The molecule has 0 saturated carbocycles. The van der Waals surface area contributed by atoms with Gasteiger partial charge in [-0.15, -0.1) is 5.10 Å². The summed E-state index contributed by atoms with van der Waals surface area (Å²) in [5, 5.41) is 23.0. The molecule has 0 bridgehead atoms. The molecule has 1 aliphatic heterocycles. The predicted molar refractivity (Wildman–Crippen MR) is 61.0 cm³/mol. The number of aromatic nitrogens is 3. The van der Waals surface area contributed by atoms with Crippen LogP contribution in [0.1, 0.15) is 12.1 Å². The summed E-state index contributed by atoms with van der Waals surface area (Å²) in [5.74, 6) is 0.287. The molecule has 4 atom stereocenters. The quantitative estimate of drug-likeness (QED) is 0.598. The zero-order valence-corrected chi connectivity index (χ0v) is 9.93. The molecule has 0 spiro atoms. The molecule has 1 aromatic heterocycles. The molecule has 2 rings (SSSR count). The maximum atomic E-state index is 9.88. The number of rotatable bonds is 4. The first-order valence-corrected chi connectivity index (χ1v) is 5.41. The van der Waals surface area contributed by atoms with Gasteiger partial charge in [-0.1, -0.05) is 6.58 Å². The number of aliphatic hydroxyl groups excluding tert-OH is 2. The van der Waals surface area contributed by atoms with Gasteiger partial charge in [0.25, 0.3) is 0 Å². The molecular weight excluding hydrogens is 240 g/mol. The first-order valence-electron chi connectivity index (χ1n) is 5.41. The van der Waals surface area contributed by atoms with Crippen LogP contribution in [0.25, 0.3) is 5.70 Å². The first kappa shape index (κ1) is 13.0. The number of methoxy groups -OCH3 is 1. The van der Waals surface area contributed by atoms with Gasteiger partial charge in [-0.05, 0) is 0 Å². The Labute approximate surface area is 104 Å². The van der Waals surface area contributed by atoms with Crippen molar-refractivity contribution in [1.82, 2.24) is 14.8 Å². The molecule has 100 valence electrons. The second-order valence-electron chi connectivity index (χ2n) is 4.01. The Balaban J connectivity index is 2.23. The van der Waals surface area contributed by atoms with E-state index in [1.54, 1.807) is 0 Å². The molecule has 1 fully saturated rings. The van der Waals surface area contributed by atoms with Crippen LogP contribution in [0.2, 0.25) is 0 Å². The van der Waals surface area contributed by atoms with Gasteiger partial charge in [0.1, 0.15) is 24.6 Å². The number of ether oxygens (including phenoxy) is 2. The van der Waals surface area contributed by atoms with Crippen LogP contribution in [-0.2, 0) is 9.47 Å². The standard InChI is InChI=1S/C10H16N4O4/c1-5(11)9-12-4-14(13-9)10-8(17-2)7(16)6(3-15)18-10/h4,6-8,10,15-16H,1,3,11H2,2H3/t6-,7-,8+,10-/m0/s1. The molecule has 18 heavy (non-hydrogen) atoms. The van der Waals surface area contributed by atoms with E-state index < -0.39 is 24.5 Å². The molecule has 1 aromatic rings. The SMILES string of the molecule is C=C(N)c1ncn([C@H]2O[C@@H](CO)[C@H](O)[C@H]2OC)n1. The first-order chi connectivity index (χ1) is 8.58. The van der Waals surface area contributed by atoms with Crippen molar-refractivity contribution >= 4 is 5.70 Å². The lowest BCUT2D eigenvalue weighted by Crippen LogP contribution is -2.34. The largest absolute Gasteiger partial charge is 0.396 e. The van der Waals surface area contributed by atoms with E-state index in [2.05, 4.69) is 16.7 Å². The highest BCUT2D eigenvalue weighted by atomic mass is 16.6. The molecule has 2 heterocycles. The molecule has 0 radical (unpaired) electrons. The monoisotopic (exact) mass is 256 g/mol. The number of nitrogens with zero attached hydrogens (tertiary/aromatic N) is 3. The number of nitrogens with two attached hydrogens (primary N) is 1.